The number of hydrogen-bond acceptors (Lipinski definition) is 5. The average Bonchev–Trinajstić information content (AvgIpc) is 1.98. The highest BCUT2D eigenvalue weighted by Crippen LogP contribution is 1.89. The first kappa shape index (κ1) is 9.35. The van der Waals surface area contributed by atoms with E-state index in [9.17, 15) is 4.79 Å². The Kier molecular flexibility index (Phi) is 4.82. The summed E-state index contributed by atoms with van der Waals surface area (Å²) in [6.45, 7) is 0.260. The Hall–Kier alpha value is -0.650. The standard InChI is InChI=1S/C5H12N2O3/c1-9-5(8)4(6)2-3-10-7/h4H,2-3,6-7H2,1H3/t4-/m1/s1. The number of nitrogens with two attached hydrogens (primary N) is 2. The van der Waals surface area contributed by atoms with Crippen LogP contribution in [0.15, 0.2) is 0 Å². The molecule has 0 saturated carbocycles. The number of ether oxygens (including phenoxy) is 1. The molecule has 4 N–H and O–H groups in total. The third-order valence-corrected chi connectivity index (χ3v) is 1.05. The minimum absolute atomic E-state index is 0.260. The van der Waals surface area contributed by atoms with Gasteiger partial charge in [0.05, 0.1) is 13.7 Å². The van der Waals surface area contributed by atoms with Crippen molar-refractivity contribution in [1.29, 1.82) is 0 Å². The van der Waals surface area contributed by atoms with Crippen molar-refractivity contribution in [2.45, 2.75) is 12.5 Å². The number of methoxy groups -OCH3 is 1. The summed E-state index contributed by atoms with van der Waals surface area (Å²) >= 11 is 0. The Morgan fingerprint density at radius 1 is 1.70 bits per heavy atom. The van der Waals surface area contributed by atoms with Gasteiger partial charge in [-0.15, -0.1) is 0 Å². The first-order valence-corrected chi connectivity index (χ1v) is 2.87. The summed E-state index contributed by atoms with van der Waals surface area (Å²) in [6.07, 6.45) is 0.378. The molecule has 10 heavy (non-hydrogen) atoms. The van der Waals surface area contributed by atoms with Gasteiger partial charge in [0.15, 0.2) is 0 Å². The summed E-state index contributed by atoms with van der Waals surface area (Å²) in [7, 11) is 1.28. The zero-order valence-corrected chi connectivity index (χ0v) is 5.87. The molecule has 5 heteroatoms. The van der Waals surface area contributed by atoms with Gasteiger partial charge >= 0.3 is 5.97 Å². The number of hydrogen-bond donors (Lipinski definition) is 2. The first-order chi connectivity index (χ1) is 4.72. The third kappa shape index (κ3) is 3.39. The molecule has 0 rings (SSSR count). The minimum atomic E-state index is -0.631. The van der Waals surface area contributed by atoms with Crippen LogP contribution in [0.25, 0.3) is 0 Å². The lowest BCUT2D eigenvalue weighted by atomic mass is 10.2. The molecule has 0 aliphatic carbocycles. The molecular formula is C5H12N2O3. The van der Waals surface area contributed by atoms with Crippen LogP contribution < -0.4 is 11.6 Å². The van der Waals surface area contributed by atoms with E-state index in [0.29, 0.717) is 6.42 Å². The fraction of sp³-hybridized carbons (Fsp3) is 0.800. The predicted molar refractivity (Wildman–Crippen MR) is 34.7 cm³/mol. The molecule has 60 valence electrons. The van der Waals surface area contributed by atoms with Crippen LogP contribution in [0.5, 0.6) is 0 Å². The lowest BCUT2D eigenvalue weighted by Crippen LogP contribution is -2.33. The topological polar surface area (TPSA) is 87.6 Å². The number of rotatable bonds is 4. The van der Waals surface area contributed by atoms with Crippen molar-refractivity contribution >= 4 is 5.97 Å². The zero-order chi connectivity index (χ0) is 7.98. The Labute approximate surface area is 59.2 Å². The molecule has 0 aromatic heterocycles. The third-order valence-electron chi connectivity index (χ3n) is 1.05. The summed E-state index contributed by atoms with van der Waals surface area (Å²) in [6, 6.07) is -0.631. The SMILES string of the molecule is COC(=O)[C@H](N)CCON. The van der Waals surface area contributed by atoms with Gasteiger partial charge in [0.1, 0.15) is 6.04 Å². The molecule has 0 spiro atoms. The maximum absolute atomic E-state index is 10.6. The Balaban J connectivity index is 3.41. The van der Waals surface area contributed by atoms with Gasteiger partial charge in [-0.1, -0.05) is 0 Å². The van der Waals surface area contributed by atoms with Crippen molar-refractivity contribution in [3.05, 3.63) is 0 Å². The fourth-order valence-corrected chi connectivity index (χ4v) is 0.464. The second-order valence-electron chi connectivity index (χ2n) is 1.79. The molecule has 5 nitrogen and oxygen atoms in total. The zero-order valence-electron chi connectivity index (χ0n) is 5.87. The van der Waals surface area contributed by atoms with Gasteiger partial charge in [0.25, 0.3) is 0 Å². The van der Waals surface area contributed by atoms with Crippen LogP contribution >= 0.6 is 0 Å². The Bertz CT molecular complexity index is 107. The molecule has 0 aromatic rings. The molecule has 0 amide bonds. The van der Waals surface area contributed by atoms with E-state index < -0.39 is 12.0 Å². The van der Waals surface area contributed by atoms with Gasteiger partial charge in [-0.3, -0.25) is 4.79 Å². The maximum Gasteiger partial charge on any atom is 0.322 e. The maximum atomic E-state index is 10.6. The van der Waals surface area contributed by atoms with Gasteiger partial charge in [-0.25, -0.2) is 5.90 Å². The van der Waals surface area contributed by atoms with Gasteiger partial charge in [-0.05, 0) is 6.42 Å². The fourth-order valence-electron chi connectivity index (χ4n) is 0.464. The monoisotopic (exact) mass is 148 g/mol. The van der Waals surface area contributed by atoms with E-state index in [1.165, 1.54) is 7.11 Å². The highest BCUT2D eigenvalue weighted by Gasteiger charge is 2.12. The molecular weight excluding hydrogens is 136 g/mol. The van der Waals surface area contributed by atoms with Crippen LogP contribution in [0.2, 0.25) is 0 Å². The number of esters is 1. The van der Waals surface area contributed by atoms with E-state index in [-0.39, 0.29) is 6.61 Å². The highest BCUT2D eigenvalue weighted by atomic mass is 16.6. The van der Waals surface area contributed by atoms with Gasteiger partial charge in [0.2, 0.25) is 0 Å². The lowest BCUT2D eigenvalue weighted by molar-refractivity contribution is -0.142. The second kappa shape index (κ2) is 5.16. The summed E-state index contributed by atoms with van der Waals surface area (Å²) < 4.78 is 4.35. The van der Waals surface area contributed by atoms with Crippen molar-refractivity contribution in [3.8, 4) is 0 Å². The molecule has 0 aliphatic rings. The molecule has 0 unspecified atom stereocenters. The molecule has 0 heterocycles. The molecule has 0 radical (unpaired) electrons. The first-order valence-electron chi connectivity index (χ1n) is 2.87. The van der Waals surface area contributed by atoms with Crippen molar-refractivity contribution < 1.29 is 14.4 Å². The summed E-state index contributed by atoms with van der Waals surface area (Å²) in [5.41, 5.74) is 5.30. The lowest BCUT2D eigenvalue weighted by Gasteiger charge is -2.06. The van der Waals surface area contributed by atoms with Crippen LogP contribution in [0.1, 0.15) is 6.42 Å². The van der Waals surface area contributed by atoms with Gasteiger partial charge in [-0.2, -0.15) is 0 Å². The molecule has 0 fully saturated rings. The summed E-state index contributed by atoms with van der Waals surface area (Å²) in [5, 5.41) is 0. The second-order valence-corrected chi connectivity index (χ2v) is 1.79. The molecule has 1 atom stereocenters. The minimum Gasteiger partial charge on any atom is -0.468 e. The van der Waals surface area contributed by atoms with Crippen molar-refractivity contribution in [2.75, 3.05) is 13.7 Å². The normalized spacial score (nSPS) is 12.7. The van der Waals surface area contributed by atoms with Crippen LogP contribution in [-0.2, 0) is 14.4 Å². The van der Waals surface area contributed by atoms with E-state index in [0.717, 1.165) is 0 Å². The van der Waals surface area contributed by atoms with Gasteiger partial charge < -0.3 is 15.3 Å². The summed E-state index contributed by atoms with van der Waals surface area (Å²) in [5.74, 6) is 4.26. The van der Waals surface area contributed by atoms with Crippen molar-refractivity contribution in [2.24, 2.45) is 11.6 Å². The van der Waals surface area contributed by atoms with Crippen LogP contribution in [0, 0.1) is 0 Å². The quantitative estimate of drug-likeness (QED) is 0.385. The van der Waals surface area contributed by atoms with Gasteiger partial charge in [0, 0.05) is 0 Å². The van der Waals surface area contributed by atoms with Crippen LogP contribution in [0.3, 0.4) is 0 Å². The Morgan fingerprint density at radius 2 is 2.30 bits per heavy atom. The molecule has 0 bridgehead atoms. The average molecular weight is 148 g/mol. The molecule has 0 saturated heterocycles. The number of carbonyl (C=O) groups excluding carboxylic acids is 1. The summed E-state index contributed by atoms with van der Waals surface area (Å²) in [4.78, 5) is 14.8. The highest BCUT2D eigenvalue weighted by molar-refractivity contribution is 5.75. The molecule has 0 aliphatic heterocycles. The Morgan fingerprint density at radius 3 is 2.70 bits per heavy atom. The smallest absolute Gasteiger partial charge is 0.322 e. The van der Waals surface area contributed by atoms with Crippen molar-refractivity contribution in [1.82, 2.24) is 0 Å². The van der Waals surface area contributed by atoms with E-state index in [4.69, 9.17) is 11.6 Å². The van der Waals surface area contributed by atoms with Crippen LogP contribution in [0.4, 0.5) is 0 Å². The van der Waals surface area contributed by atoms with Crippen LogP contribution in [-0.4, -0.2) is 25.7 Å². The number of carbonyl (C=O) groups is 1. The van der Waals surface area contributed by atoms with E-state index in [1.807, 2.05) is 0 Å². The van der Waals surface area contributed by atoms with E-state index >= 15 is 0 Å². The van der Waals surface area contributed by atoms with Crippen molar-refractivity contribution in [3.63, 3.8) is 0 Å². The largest absolute Gasteiger partial charge is 0.468 e. The van der Waals surface area contributed by atoms with E-state index in [2.05, 4.69) is 9.57 Å². The molecule has 0 aromatic carbocycles. The van der Waals surface area contributed by atoms with E-state index in [1.54, 1.807) is 0 Å². The predicted octanol–water partition coefficient (Wildman–Crippen LogP) is -1.23.